The Morgan fingerprint density at radius 2 is 2.00 bits per heavy atom. The van der Waals surface area contributed by atoms with Crippen LogP contribution in [0.3, 0.4) is 0 Å². The molecular weight excluding hydrogens is 140 g/mol. The molecule has 2 nitrogen and oxygen atoms in total. The maximum atomic E-state index is 11.2. The van der Waals surface area contributed by atoms with Crippen LogP contribution >= 0.6 is 0 Å². The molecule has 0 atom stereocenters. The van der Waals surface area contributed by atoms with Crippen LogP contribution in [0, 0.1) is 6.92 Å². The summed E-state index contributed by atoms with van der Waals surface area (Å²) in [6.07, 6.45) is 0. The van der Waals surface area contributed by atoms with Crippen LogP contribution in [0.5, 0.6) is 5.75 Å². The van der Waals surface area contributed by atoms with Gasteiger partial charge in [0, 0.05) is 5.39 Å². The van der Waals surface area contributed by atoms with Gasteiger partial charge in [0.25, 0.3) is 0 Å². The van der Waals surface area contributed by atoms with E-state index >= 15 is 0 Å². The smallest absolute Gasteiger partial charge is 0.133 e. The highest BCUT2D eigenvalue weighted by atomic mass is 16.4. The molecule has 1 aromatic heterocycles. The summed E-state index contributed by atoms with van der Waals surface area (Å²) < 4.78 is 5.19. The van der Waals surface area contributed by atoms with Crippen LogP contribution in [-0.4, -0.2) is 0 Å². The monoisotopic (exact) mass is 147 g/mol. The highest BCUT2D eigenvalue weighted by Crippen LogP contribution is 2.27. The summed E-state index contributed by atoms with van der Waals surface area (Å²) in [6, 6.07) is 7.25. The molecule has 0 bridgehead atoms. The lowest BCUT2D eigenvalue weighted by molar-refractivity contribution is -0.267. The fourth-order valence-electron chi connectivity index (χ4n) is 1.14. The molecule has 0 spiro atoms. The van der Waals surface area contributed by atoms with Gasteiger partial charge >= 0.3 is 0 Å². The molecule has 0 fully saturated rings. The topological polar surface area (TPSA) is 36.2 Å². The van der Waals surface area contributed by atoms with Crippen LogP contribution in [0.15, 0.2) is 28.7 Å². The van der Waals surface area contributed by atoms with Crippen molar-refractivity contribution in [2.75, 3.05) is 0 Å². The third kappa shape index (κ3) is 0.792. The molecule has 2 heteroatoms. The van der Waals surface area contributed by atoms with Crippen molar-refractivity contribution in [2.45, 2.75) is 6.92 Å². The number of furan rings is 1. The Kier molecular flexibility index (Phi) is 1.15. The van der Waals surface area contributed by atoms with Gasteiger partial charge in [-0.15, -0.1) is 0 Å². The highest BCUT2D eigenvalue weighted by Gasteiger charge is 1.99. The van der Waals surface area contributed by atoms with Crippen molar-refractivity contribution >= 4 is 11.0 Å². The van der Waals surface area contributed by atoms with Gasteiger partial charge in [0.1, 0.15) is 5.58 Å². The molecule has 0 aliphatic heterocycles. The molecule has 56 valence electrons. The first-order chi connectivity index (χ1) is 5.29. The second-order valence-electron chi connectivity index (χ2n) is 2.48. The molecule has 2 aromatic rings. The Labute approximate surface area is 64.1 Å². The van der Waals surface area contributed by atoms with E-state index in [4.69, 9.17) is 4.42 Å². The van der Waals surface area contributed by atoms with Gasteiger partial charge in [-0.3, -0.25) is 0 Å². The molecule has 0 saturated heterocycles. The second kappa shape index (κ2) is 2.02. The van der Waals surface area contributed by atoms with E-state index in [1.54, 1.807) is 19.1 Å². The molecule has 0 N–H and O–H groups in total. The van der Waals surface area contributed by atoms with Crippen molar-refractivity contribution in [3.63, 3.8) is 0 Å². The SMILES string of the molecule is Cc1oc2ccccc2c1[O-]. The molecule has 1 heterocycles. The summed E-state index contributed by atoms with van der Waals surface area (Å²) in [4.78, 5) is 0. The van der Waals surface area contributed by atoms with E-state index in [1.807, 2.05) is 12.1 Å². The van der Waals surface area contributed by atoms with E-state index < -0.39 is 0 Å². The van der Waals surface area contributed by atoms with Crippen molar-refractivity contribution in [1.82, 2.24) is 0 Å². The van der Waals surface area contributed by atoms with Gasteiger partial charge in [-0.05, 0) is 13.0 Å². The number of aryl methyl sites for hydroxylation is 1. The van der Waals surface area contributed by atoms with Gasteiger partial charge in [0.05, 0.1) is 5.76 Å². The van der Waals surface area contributed by atoms with E-state index in [0.717, 1.165) is 0 Å². The van der Waals surface area contributed by atoms with Crippen molar-refractivity contribution in [3.05, 3.63) is 30.0 Å². The normalized spacial score (nSPS) is 10.6. The van der Waals surface area contributed by atoms with Crippen molar-refractivity contribution < 1.29 is 9.52 Å². The lowest BCUT2D eigenvalue weighted by Gasteiger charge is -1.99. The number of hydrogen-bond acceptors (Lipinski definition) is 2. The first-order valence-electron chi connectivity index (χ1n) is 3.44. The average molecular weight is 147 g/mol. The van der Waals surface area contributed by atoms with Gasteiger partial charge in [-0.2, -0.15) is 0 Å². The minimum atomic E-state index is 0.000556. The maximum absolute atomic E-state index is 11.2. The van der Waals surface area contributed by atoms with Crippen LogP contribution in [0.2, 0.25) is 0 Å². The molecule has 0 radical (unpaired) electrons. The Morgan fingerprint density at radius 3 is 2.73 bits per heavy atom. The molecule has 11 heavy (non-hydrogen) atoms. The van der Waals surface area contributed by atoms with Gasteiger partial charge in [0.15, 0.2) is 0 Å². The quantitative estimate of drug-likeness (QED) is 0.569. The lowest BCUT2D eigenvalue weighted by Crippen LogP contribution is -1.88. The summed E-state index contributed by atoms with van der Waals surface area (Å²) in [5, 5.41) is 11.9. The van der Waals surface area contributed by atoms with Gasteiger partial charge in [-0.25, -0.2) is 0 Å². The predicted octanol–water partition coefficient (Wildman–Crippen LogP) is 1.81. The molecule has 1 aromatic carbocycles. The van der Waals surface area contributed by atoms with Gasteiger partial charge in [-0.1, -0.05) is 23.9 Å². The largest absolute Gasteiger partial charge is 0.870 e. The molecule has 0 aliphatic carbocycles. The fourth-order valence-corrected chi connectivity index (χ4v) is 1.14. The third-order valence-electron chi connectivity index (χ3n) is 1.71. The standard InChI is InChI=1S/C9H8O2/c1-6-9(10)7-4-2-3-5-8(7)11-6/h2-5,10H,1H3/p-1. The molecule has 2 rings (SSSR count). The molecule has 0 amide bonds. The summed E-state index contributed by atoms with van der Waals surface area (Å²) in [6.45, 7) is 1.68. The van der Waals surface area contributed by atoms with E-state index in [-0.39, 0.29) is 5.75 Å². The number of hydrogen-bond donors (Lipinski definition) is 0. The van der Waals surface area contributed by atoms with Crippen LogP contribution in [0.4, 0.5) is 0 Å². The van der Waals surface area contributed by atoms with E-state index in [2.05, 4.69) is 0 Å². The Morgan fingerprint density at radius 1 is 1.27 bits per heavy atom. The molecular formula is C9H7O2-. The first kappa shape index (κ1) is 6.28. The average Bonchev–Trinajstić information content (AvgIpc) is 2.30. The Bertz CT molecular complexity index is 387. The van der Waals surface area contributed by atoms with Crippen LogP contribution in [0.25, 0.3) is 11.0 Å². The van der Waals surface area contributed by atoms with Gasteiger partial charge < -0.3 is 9.52 Å². The predicted molar refractivity (Wildman–Crippen MR) is 40.4 cm³/mol. The Hall–Kier alpha value is -1.44. The summed E-state index contributed by atoms with van der Waals surface area (Å²) in [5.41, 5.74) is 0.676. The summed E-state index contributed by atoms with van der Waals surface area (Å²) >= 11 is 0. The van der Waals surface area contributed by atoms with E-state index in [0.29, 0.717) is 16.7 Å². The molecule has 0 aliphatic rings. The van der Waals surface area contributed by atoms with Crippen molar-refractivity contribution in [2.24, 2.45) is 0 Å². The Balaban J connectivity index is 2.92. The van der Waals surface area contributed by atoms with E-state index in [1.165, 1.54) is 0 Å². The number of rotatable bonds is 0. The summed E-state index contributed by atoms with van der Waals surface area (Å²) in [7, 11) is 0. The summed E-state index contributed by atoms with van der Waals surface area (Å²) in [5.74, 6) is 0.465. The zero-order valence-corrected chi connectivity index (χ0v) is 6.13. The van der Waals surface area contributed by atoms with Crippen LogP contribution in [-0.2, 0) is 0 Å². The van der Waals surface area contributed by atoms with Crippen molar-refractivity contribution in [3.8, 4) is 5.75 Å². The first-order valence-corrected chi connectivity index (χ1v) is 3.44. The van der Waals surface area contributed by atoms with Gasteiger partial charge in [0.2, 0.25) is 0 Å². The molecule has 0 unspecified atom stereocenters. The lowest BCUT2D eigenvalue weighted by atomic mass is 10.2. The number of benzene rings is 1. The zero-order chi connectivity index (χ0) is 7.84. The minimum absolute atomic E-state index is 0.000556. The highest BCUT2D eigenvalue weighted by molar-refractivity contribution is 5.84. The second-order valence-corrected chi connectivity index (χ2v) is 2.48. The zero-order valence-electron chi connectivity index (χ0n) is 6.13. The van der Waals surface area contributed by atoms with Crippen molar-refractivity contribution in [1.29, 1.82) is 0 Å². The number of fused-ring (bicyclic) bond motifs is 1. The molecule has 0 saturated carbocycles. The minimum Gasteiger partial charge on any atom is -0.870 e. The van der Waals surface area contributed by atoms with Crippen LogP contribution < -0.4 is 5.11 Å². The fraction of sp³-hybridized carbons (Fsp3) is 0.111. The third-order valence-corrected chi connectivity index (χ3v) is 1.71. The van der Waals surface area contributed by atoms with Crippen LogP contribution in [0.1, 0.15) is 5.76 Å². The maximum Gasteiger partial charge on any atom is 0.133 e. The van der Waals surface area contributed by atoms with E-state index in [9.17, 15) is 5.11 Å². The number of para-hydroxylation sites is 1.